The number of nitrogens with one attached hydrogen (secondary N) is 2. The molecule has 0 saturated carbocycles. The van der Waals surface area contributed by atoms with Crippen LogP contribution in [-0.4, -0.2) is 22.2 Å². The molecule has 19 heavy (non-hydrogen) atoms. The van der Waals surface area contributed by atoms with Gasteiger partial charge >= 0.3 is 0 Å². The normalized spacial score (nSPS) is 10.2. The summed E-state index contributed by atoms with van der Waals surface area (Å²) in [5, 5.41) is 20.6. The highest BCUT2D eigenvalue weighted by Gasteiger charge is 2.11. The maximum atomic E-state index is 10.8. The van der Waals surface area contributed by atoms with Crippen LogP contribution in [0.5, 0.6) is 5.75 Å². The van der Waals surface area contributed by atoms with Gasteiger partial charge in [-0.2, -0.15) is 5.10 Å². The van der Waals surface area contributed by atoms with Gasteiger partial charge in [0.15, 0.2) is 0 Å². The summed E-state index contributed by atoms with van der Waals surface area (Å²) in [6, 6.07) is 4.43. The standard InChI is InChI=1S/C12H14N4O3/c1-8-9(7-14-15-8)6-13-11-5-10(16(17)18)3-4-12(11)19-2/h3-5,7,13H,6H2,1-2H3,(H,14,15). The topological polar surface area (TPSA) is 93.1 Å². The first-order chi connectivity index (χ1) is 9.11. The number of benzene rings is 1. The summed E-state index contributed by atoms with van der Waals surface area (Å²) >= 11 is 0. The largest absolute Gasteiger partial charge is 0.495 e. The fraction of sp³-hybridized carbons (Fsp3) is 0.250. The Kier molecular flexibility index (Phi) is 3.65. The molecule has 0 bridgehead atoms. The molecule has 2 aromatic rings. The lowest BCUT2D eigenvalue weighted by Gasteiger charge is -2.10. The van der Waals surface area contributed by atoms with E-state index in [0.717, 1.165) is 11.3 Å². The second-order valence-corrected chi connectivity index (χ2v) is 4.02. The van der Waals surface area contributed by atoms with Gasteiger partial charge in [0.2, 0.25) is 0 Å². The van der Waals surface area contributed by atoms with E-state index < -0.39 is 4.92 Å². The van der Waals surface area contributed by atoms with Crippen LogP contribution in [0.3, 0.4) is 0 Å². The number of ether oxygens (including phenoxy) is 1. The lowest BCUT2D eigenvalue weighted by atomic mass is 10.2. The minimum absolute atomic E-state index is 0.0206. The zero-order valence-corrected chi connectivity index (χ0v) is 10.6. The summed E-state index contributed by atoms with van der Waals surface area (Å²) in [6.07, 6.45) is 1.71. The van der Waals surface area contributed by atoms with Crippen molar-refractivity contribution >= 4 is 11.4 Å². The van der Waals surface area contributed by atoms with Crippen LogP contribution >= 0.6 is 0 Å². The number of aromatic amines is 1. The predicted octanol–water partition coefficient (Wildman–Crippen LogP) is 2.25. The van der Waals surface area contributed by atoms with Gasteiger partial charge in [0.05, 0.1) is 23.9 Å². The zero-order valence-electron chi connectivity index (χ0n) is 10.6. The Morgan fingerprint density at radius 2 is 2.32 bits per heavy atom. The van der Waals surface area contributed by atoms with Crippen molar-refractivity contribution in [3.63, 3.8) is 0 Å². The molecule has 0 radical (unpaired) electrons. The van der Waals surface area contributed by atoms with E-state index >= 15 is 0 Å². The van der Waals surface area contributed by atoms with Crippen LogP contribution < -0.4 is 10.1 Å². The van der Waals surface area contributed by atoms with Gasteiger partial charge in [0.1, 0.15) is 5.75 Å². The van der Waals surface area contributed by atoms with Crippen molar-refractivity contribution in [1.82, 2.24) is 10.2 Å². The molecule has 0 unspecified atom stereocenters. The molecule has 2 rings (SSSR count). The first-order valence-electron chi connectivity index (χ1n) is 5.67. The van der Waals surface area contributed by atoms with Gasteiger partial charge in [0.25, 0.3) is 5.69 Å². The molecule has 0 aliphatic rings. The monoisotopic (exact) mass is 262 g/mol. The van der Waals surface area contributed by atoms with Gasteiger partial charge < -0.3 is 10.1 Å². The molecule has 0 saturated heterocycles. The fourth-order valence-corrected chi connectivity index (χ4v) is 1.69. The van der Waals surface area contributed by atoms with Crippen molar-refractivity contribution in [1.29, 1.82) is 0 Å². The van der Waals surface area contributed by atoms with Crippen LogP contribution in [0.4, 0.5) is 11.4 Å². The average molecular weight is 262 g/mol. The summed E-state index contributed by atoms with van der Waals surface area (Å²) in [5.74, 6) is 0.562. The lowest BCUT2D eigenvalue weighted by Crippen LogP contribution is -2.02. The number of hydrogen-bond donors (Lipinski definition) is 2. The van der Waals surface area contributed by atoms with Crippen LogP contribution in [0.2, 0.25) is 0 Å². The highest BCUT2D eigenvalue weighted by Crippen LogP contribution is 2.29. The summed E-state index contributed by atoms with van der Waals surface area (Å²) in [7, 11) is 1.52. The molecule has 0 spiro atoms. The quantitative estimate of drug-likeness (QED) is 0.636. The lowest BCUT2D eigenvalue weighted by molar-refractivity contribution is -0.384. The predicted molar refractivity (Wildman–Crippen MR) is 70.3 cm³/mol. The first kappa shape index (κ1) is 12.9. The Balaban J connectivity index is 2.20. The Bertz CT molecular complexity index is 594. The molecule has 7 nitrogen and oxygen atoms in total. The number of methoxy groups -OCH3 is 1. The Morgan fingerprint density at radius 3 is 2.89 bits per heavy atom. The van der Waals surface area contributed by atoms with E-state index in [9.17, 15) is 10.1 Å². The van der Waals surface area contributed by atoms with Gasteiger partial charge in [-0.3, -0.25) is 15.2 Å². The van der Waals surface area contributed by atoms with Crippen molar-refractivity contribution in [3.8, 4) is 5.75 Å². The van der Waals surface area contributed by atoms with Gasteiger partial charge in [0, 0.05) is 29.9 Å². The van der Waals surface area contributed by atoms with E-state index in [-0.39, 0.29) is 5.69 Å². The number of rotatable bonds is 5. The number of nitrogens with zero attached hydrogens (tertiary/aromatic N) is 2. The van der Waals surface area contributed by atoms with E-state index in [2.05, 4.69) is 15.5 Å². The summed E-state index contributed by atoms with van der Waals surface area (Å²) in [5.41, 5.74) is 2.55. The van der Waals surface area contributed by atoms with Crippen LogP contribution in [-0.2, 0) is 6.54 Å². The highest BCUT2D eigenvalue weighted by molar-refractivity contribution is 5.61. The number of H-pyrrole nitrogens is 1. The number of non-ortho nitro benzene ring substituents is 1. The third kappa shape index (κ3) is 2.82. The van der Waals surface area contributed by atoms with Crippen molar-refractivity contribution < 1.29 is 9.66 Å². The molecule has 0 atom stereocenters. The Morgan fingerprint density at radius 1 is 1.53 bits per heavy atom. The van der Waals surface area contributed by atoms with E-state index in [0.29, 0.717) is 18.0 Å². The van der Waals surface area contributed by atoms with E-state index in [1.54, 1.807) is 12.3 Å². The molecule has 100 valence electrons. The number of aryl methyl sites for hydroxylation is 1. The fourth-order valence-electron chi connectivity index (χ4n) is 1.69. The maximum absolute atomic E-state index is 10.8. The molecule has 0 aliphatic carbocycles. The number of aromatic nitrogens is 2. The minimum atomic E-state index is -0.437. The average Bonchev–Trinajstić information content (AvgIpc) is 2.81. The number of anilines is 1. The van der Waals surface area contributed by atoms with Gasteiger partial charge in [-0.05, 0) is 13.0 Å². The van der Waals surface area contributed by atoms with Crippen LogP contribution in [0.15, 0.2) is 24.4 Å². The molecule has 7 heteroatoms. The minimum Gasteiger partial charge on any atom is -0.495 e. The van der Waals surface area contributed by atoms with Crippen molar-refractivity contribution in [2.45, 2.75) is 13.5 Å². The summed E-state index contributed by atoms with van der Waals surface area (Å²) in [6.45, 7) is 2.43. The third-order valence-electron chi connectivity index (χ3n) is 2.80. The number of nitro benzene ring substituents is 1. The molecule has 1 aromatic carbocycles. The van der Waals surface area contributed by atoms with Crippen LogP contribution in [0.25, 0.3) is 0 Å². The molecular formula is C12H14N4O3. The van der Waals surface area contributed by atoms with Gasteiger partial charge in [-0.25, -0.2) is 0 Å². The van der Waals surface area contributed by atoms with Crippen molar-refractivity contribution in [3.05, 3.63) is 45.8 Å². The first-order valence-corrected chi connectivity index (χ1v) is 5.67. The highest BCUT2D eigenvalue weighted by atomic mass is 16.6. The van der Waals surface area contributed by atoms with Crippen LogP contribution in [0.1, 0.15) is 11.3 Å². The SMILES string of the molecule is COc1ccc([N+](=O)[O-])cc1NCc1cn[nH]c1C. The zero-order chi connectivity index (χ0) is 13.8. The molecule has 0 fully saturated rings. The third-order valence-corrected chi connectivity index (χ3v) is 2.80. The maximum Gasteiger partial charge on any atom is 0.271 e. The van der Waals surface area contributed by atoms with Gasteiger partial charge in [-0.15, -0.1) is 0 Å². The second kappa shape index (κ2) is 5.38. The number of hydrogen-bond acceptors (Lipinski definition) is 5. The van der Waals surface area contributed by atoms with Crippen molar-refractivity contribution in [2.75, 3.05) is 12.4 Å². The Labute approximate surface area is 109 Å². The van der Waals surface area contributed by atoms with E-state index in [1.807, 2.05) is 6.92 Å². The van der Waals surface area contributed by atoms with Gasteiger partial charge in [-0.1, -0.05) is 0 Å². The van der Waals surface area contributed by atoms with E-state index in [1.165, 1.54) is 19.2 Å². The molecule has 0 aliphatic heterocycles. The molecule has 1 heterocycles. The molecule has 1 aromatic heterocycles. The molecular weight excluding hydrogens is 248 g/mol. The summed E-state index contributed by atoms with van der Waals surface area (Å²) < 4.78 is 5.17. The van der Waals surface area contributed by atoms with Crippen molar-refractivity contribution in [2.24, 2.45) is 0 Å². The van der Waals surface area contributed by atoms with E-state index in [4.69, 9.17) is 4.74 Å². The summed E-state index contributed by atoms with van der Waals surface area (Å²) in [4.78, 5) is 10.3. The second-order valence-electron chi connectivity index (χ2n) is 4.02. The number of nitro groups is 1. The smallest absolute Gasteiger partial charge is 0.271 e. The molecule has 0 amide bonds. The Hall–Kier alpha value is -2.57. The molecule has 2 N–H and O–H groups in total. The van der Waals surface area contributed by atoms with Crippen LogP contribution in [0, 0.1) is 17.0 Å².